The summed E-state index contributed by atoms with van der Waals surface area (Å²) in [4.78, 5) is 25.7. The first-order chi connectivity index (χ1) is 34.2. The molecule has 0 aliphatic rings. The normalized spacial score (nSPS) is 12.3. The van der Waals surface area contributed by atoms with Crippen LogP contribution in [0.15, 0.2) is 158 Å². The largest absolute Gasteiger partial charge is 0.462 e. The minimum Gasteiger partial charge on any atom is -0.462 e. The van der Waals surface area contributed by atoms with Gasteiger partial charge in [0, 0.05) is 49.6 Å². The number of nitrogens with zero attached hydrogens (tertiary/aromatic N) is 4. The van der Waals surface area contributed by atoms with Crippen LogP contribution in [0.5, 0.6) is 11.5 Å². The van der Waals surface area contributed by atoms with Gasteiger partial charge in [-0.25, -0.2) is 18.7 Å². The van der Waals surface area contributed by atoms with Crippen LogP contribution in [0, 0.1) is 0 Å². The maximum absolute atomic E-state index is 14.1. The van der Waals surface area contributed by atoms with E-state index in [0.29, 0.717) is 26.2 Å². The van der Waals surface area contributed by atoms with Crippen molar-refractivity contribution in [3.8, 4) is 11.5 Å². The number of carbonyl (C=O) groups is 2. The third kappa shape index (κ3) is 15.8. The lowest BCUT2D eigenvalue weighted by molar-refractivity contribution is -0.151. The molecule has 0 fully saturated rings. The Labute approximate surface area is 433 Å². The van der Waals surface area contributed by atoms with Gasteiger partial charge < -0.3 is 18.5 Å². The Kier molecular flexibility index (Phi) is 19.8. The van der Waals surface area contributed by atoms with Gasteiger partial charge in [0.1, 0.15) is 24.7 Å². The maximum Gasteiger partial charge on any atom is 0.307 e. The molecule has 0 aliphatic carbocycles. The van der Waals surface area contributed by atoms with E-state index in [0.717, 1.165) is 33.8 Å². The molecule has 0 N–H and O–H groups in total. The van der Waals surface area contributed by atoms with Gasteiger partial charge in [-0.15, -0.1) is 0 Å². The first-order valence-corrected chi connectivity index (χ1v) is 27.1. The number of esters is 2. The zero-order chi connectivity index (χ0) is 52.1. The molecule has 0 saturated heterocycles. The van der Waals surface area contributed by atoms with E-state index >= 15 is 0 Å². The molecule has 6 aromatic rings. The standard InChI is InChI=1S/C60H76N4O6P2/c1-46(65)67-37-38-68-57(66)41-60(8,51-33-35-55(53(39-51)58(2,3)4)69-71(61(9)42-47-25-17-13-18-26-47)62(10)43-48-27-19-14-20-28-48)52-34-36-56(54(40-52)59(5,6)7)70-72(63(11)44-49-29-21-15-22-30-49)64(12)45-50-31-23-16-24-32-50/h13-36,39-40H,37-38,41-45H2,1-12H3. The van der Waals surface area contributed by atoms with E-state index in [1.165, 1.54) is 29.2 Å². The molecule has 0 unspecified atom stereocenters. The minimum absolute atomic E-state index is 0.0148. The summed E-state index contributed by atoms with van der Waals surface area (Å²) in [5.41, 5.74) is 7.15. The van der Waals surface area contributed by atoms with Gasteiger partial charge in [-0.05, 0) is 84.5 Å². The fourth-order valence-electron chi connectivity index (χ4n) is 8.74. The molecule has 0 spiro atoms. The highest BCUT2D eigenvalue weighted by Gasteiger charge is 2.37. The third-order valence-corrected chi connectivity index (χ3v) is 16.2. The molecule has 0 radical (unpaired) electrons. The molecule has 0 saturated carbocycles. The van der Waals surface area contributed by atoms with Crippen LogP contribution in [-0.4, -0.2) is 72.0 Å². The summed E-state index contributed by atoms with van der Waals surface area (Å²) in [6.07, 6.45) is 0.0271. The van der Waals surface area contributed by atoms with Crippen LogP contribution in [-0.2, 0) is 61.5 Å². The van der Waals surface area contributed by atoms with Crippen molar-refractivity contribution < 1.29 is 28.1 Å². The van der Waals surface area contributed by atoms with Gasteiger partial charge >= 0.3 is 11.9 Å². The topological polar surface area (TPSA) is 84.0 Å². The lowest BCUT2D eigenvalue weighted by Gasteiger charge is -2.37. The SMILES string of the molecule is CC(=O)OCCOC(=O)CC(C)(c1ccc(OP(N(C)Cc2ccccc2)N(C)Cc2ccccc2)c(C(C)(C)C)c1)c1ccc(OP(N(C)Cc2ccccc2)N(C)Cc2ccccc2)c(C(C)(C)C)c1. The van der Waals surface area contributed by atoms with Crippen LogP contribution < -0.4 is 9.05 Å². The Morgan fingerprint density at radius 1 is 0.444 bits per heavy atom. The second kappa shape index (κ2) is 25.5. The number of ether oxygens (including phenoxy) is 2. The number of hydrogen-bond acceptors (Lipinski definition) is 10. The Balaban J connectivity index is 1.42. The Bertz CT molecular complexity index is 2390. The summed E-state index contributed by atoms with van der Waals surface area (Å²) in [5.74, 6) is 0.750. The van der Waals surface area contributed by atoms with Crippen molar-refractivity contribution in [3.63, 3.8) is 0 Å². The molecule has 0 aromatic heterocycles. The molecule has 10 nitrogen and oxygen atoms in total. The van der Waals surface area contributed by atoms with E-state index in [1.54, 1.807) is 0 Å². The van der Waals surface area contributed by atoms with Gasteiger partial charge in [0.2, 0.25) is 16.9 Å². The average molecular weight is 1010 g/mol. The Morgan fingerprint density at radius 3 is 1.04 bits per heavy atom. The van der Waals surface area contributed by atoms with E-state index < -0.39 is 34.3 Å². The number of carbonyl (C=O) groups excluding carboxylic acids is 2. The van der Waals surface area contributed by atoms with Crippen LogP contribution in [0.3, 0.4) is 0 Å². The van der Waals surface area contributed by atoms with Gasteiger partial charge in [0.15, 0.2) is 0 Å². The molecule has 0 bridgehead atoms. The number of rotatable bonds is 23. The summed E-state index contributed by atoms with van der Waals surface area (Å²) in [6, 6.07) is 54.8. The molecule has 12 heteroatoms. The molecule has 72 heavy (non-hydrogen) atoms. The van der Waals surface area contributed by atoms with Crippen LogP contribution in [0.25, 0.3) is 0 Å². The van der Waals surface area contributed by atoms with E-state index in [-0.39, 0.29) is 30.5 Å². The van der Waals surface area contributed by atoms with Crippen LogP contribution >= 0.6 is 16.9 Å². The minimum atomic E-state index is -1.31. The fraction of sp³-hybridized carbons (Fsp3) is 0.367. The van der Waals surface area contributed by atoms with Gasteiger partial charge in [-0.2, -0.15) is 0 Å². The first kappa shape index (κ1) is 55.9. The average Bonchev–Trinajstić information content (AvgIpc) is 3.34. The van der Waals surface area contributed by atoms with Crippen molar-refractivity contribution in [2.24, 2.45) is 0 Å². The van der Waals surface area contributed by atoms with Gasteiger partial charge in [-0.3, -0.25) is 9.59 Å². The monoisotopic (exact) mass is 1010 g/mol. The molecule has 0 atom stereocenters. The van der Waals surface area contributed by atoms with Crippen LogP contribution in [0.2, 0.25) is 0 Å². The van der Waals surface area contributed by atoms with Crippen LogP contribution in [0.4, 0.5) is 0 Å². The van der Waals surface area contributed by atoms with Crippen LogP contribution in [0.1, 0.15) is 106 Å². The second-order valence-electron chi connectivity index (χ2n) is 20.9. The molecule has 0 aliphatic heterocycles. The highest BCUT2D eigenvalue weighted by molar-refractivity contribution is 7.48. The fourth-order valence-corrected chi connectivity index (χ4v) is 12.1. The smallest absolute Gasteiger partial charge is 0.307 e. The van der Waals surface area contributed by atoms with Crippen molar-refractivity contribution in [1.29, 1.82) is 0 Å². The predicted molar refractivity (Wildman–Crippen MR) is 296 cm³/mol. The summed E-state index contributed by atoms with van der Waals surface area (Å²) in [7, 11) is 5.89. The molecule has 0 amide bonds. The van der Waals surface area contributed by atoms with E-state index in [1.807, 2.05) is 24.3 Å². The zero-order valence-electron chi connectivity index (χ0n) is 44.6. The molecule has 6 aromatic carbocycles. The highest BCUT2D eigenvalue weighted by atomic mass is 31.2. The van der Waals surface area contributed by atoms with Gasteiger partial charge in [0.05, 0.1) is 6.42 Å². The van der Waals surface area contributed by atoms with Gasteiger partial charge in [0.25, 0.3) is 0 Å². The van der Waals surface area contributed by atoms with E-state index in [4.69, 9.17) is 18.5 Å². The van der Waals surface area contributed by atoms with Crippen molar-refractivity contribution in [2.75, 3.05) is 41.4 Å². The molecule has 0 heterocycles. The third-order valence-electron chi connectivity index (χ3n) is 12.5. The van der Waals surface area contributed by atoms with Crippen molar-refractivity contribution in [3.05, 3.63) is 202 Å². The summed E-state index contributed by atoms with van der Waals surface area (Å²) in [5, 5.41) is 0. The van der Waals surface area contributed by atoms with Crippen molar-refractivity contribution >= 4 is 28.8 Å². The van der Waals surface area contributed by atoms with Crippen molar-refractivity contribution in [2.45, 2.75) is 104 Å². The summed E-state index contributed by atoms with van der Waals surface area (Å²) >= 11 is 0. The number of benzene rings is 6. The highest BCUT2D eigenvalue weighted by Crippen LogP contribution is 2.52. The van der Waals surface area contributed by atoms with E-state index in [2.05, 4.69) is 229 Å². The quantitative estimate of drug-likeness (QED) is 0.0351. The molecular weight excluding hydrogens is 935 g/mol. The lowest BCUT2D eigenvalue weighted by atomic mass is 9.70. The van der Waals surface area contributed by atoms with E-state index in [9.17, 15) is 9.59 Å². The Morgan fingerprint density at radius 2 is 0.750 bits per heavy atom. The van der Waals surface area contributed by atoms with Gasteiger partial charge in [-0.1, -0.05) is 194 Å². The maximum atomic E-state index is 14.1. The first-order valence-electron chi connectivity index (χ1n) is 24.8. The molecule has 6 rings (SSSR count). The summed E-state index contributed by atoms with van der Waals surface area (Å²) < 4.78 is 34.7. The predicted octanol–water partition coefficient (Wildman–Crippen LogP) is 13.8. The zero-order valence-corrected chi connectivity index (χ0v) is 46.4. The second-order valence-corrected chi connectivity index (χ2v) is 25.0. The van der Waals surface area contributed by atoms with Crippen molar-refractivity contribution in [1.82, 2.24) is 18.7 Å². The summed E-state index contributed by atoms with van der Waals surface area (Å²) in [6.45, 7) is 19.4. The Hall–Kier alpha value is -5.44. The molecular formula is C60H76N4O6P2. The molecule has 382 valence electrons. The number of hydrogen-bond donors (Lipinski definition) is 0. The lowest BCUT2D eigenvalue weighted by Crippen LogP contribution is -2.31.